The van der Waals surface area contributed by atoms with Crippen LogP contribution in [0.3, 0.4) is 0 Å². The van der Waals surface area contributed by atoms with Crippen molar-refractivity contribution in [2.24, 2.45) is 0 Å². The molecular weight excluding hydrogens is 194 g/mol. The van der Waals surface area contributed by atoms with E-state index in [4.69, 9.17) is 4.74 Å². The number of epoxide rings is 1. The molecule has 0 amide bonds. The lowest BCUT2D eigenvalue weighted by Crippen LogP contribution is -1.84. The molecule has 1 aliphatic heterocycles. The molecule has 4 heteroatoms. The van der Waals surface area contributed by atoms with Crippen molar-refractivity contribution in [3.05, 3.63) is 29.8 Å². The van der Waals surface area contributed by atoms with Crippen LogP contribution >= 0.6 is 11.8 Å². The van der Waals surface area contributed by atoms with E-state index in [0.717, 1.165) is 5.56 Å². The zero-order valence-corrected chi connectivity index (χ0v) is 7.56. The van der Waals surface area contributed by atoms with Crippen LogP contribution < -0.4 is 0 Å². The zero-order chi connectivity index (χ0) is 9.26. The van der Waals surface area contributed by atoms with Gasteiger partial charge in [-0.2, -0.15) is 8.78 Å². The van der Waals surface area contributed by atoms with Crippen LogP contribution in [-0.4, -0.2) is 12.4 Å². The largest absolute Gasteiger partial charge is 0.368 e. The van der Waals surface area contributed by atoms with E-state index < -0.39 is 5.76 Å². The molecule has 13 heavy (non-hydrogen) atoms. The number of hydrogen-bond donors (Lipinski definition) is 0. The van der Waals surface area contributed by atoms with Crippen LogP contribution in [-0.2, 0) is 4.74 Å². The molecule has 0 saturated carbocycles. The first-order valence-corrected chi connectivity index (χ1v) is 4.80. The number of alkyl halides is 2. The lowest BCUT2D eigenvalue weighted by Gasteiger charge is -2.01. The Morgan fingerprint density at radius 1 is 1.46 bits per heavy atom. The van der Waals surface area contributed by atoms with E-state index in [0.29, 0.717) is 23.3 Å². The Kier molecular flexibility index (Phi) is 2.51. The summed E-state index contributed by atoms with van der Waals surface area (Å²) in [5, 5.41) is 0. The lowest BCUT2D eigenvalue weighted by molar-refractivity contribution is 0.252. The topological polar surface area (TPSA) is 12.5 Å². The van der Waals surface area contributed by atoms with Gasteiger partial charge in [-0.25, -0.2) is 0 Å². The molecule has 0 aliphatic carbocycles. The lowest BCUT2D eigenvalue weighted by atomic mass is 10.2. The van der Waals surface area contributed by atoms with Gasteiger partial charge in [0.1, 0.15) is 6.10 Å². The minimum atomic E-state index is -2.35. The SMILES string of the molecule is FC(F)Sc1cccc([C@@H]2CO2)c1. The molecular formula is C9H8F2OS. The van der Waals surface area contributed by atoms with Crippen LogP contribution in [0.5, 0.6) is 0 Å². The van der Waals surface area contributed by atoms with Crippen LogP contribution in [0.1, 0.15) is 11.7 Å². The van der Waals surface area contributed by atoms with Gasteiger partial charge >= 0.3 is 0 Å². The smallest absolute Gasteiger partial charge is 0.288 e. The fraction of sp³-hybridized carbons (Fsp3) is 0.333. The fourth-order valence-electron chi connectivity index (χ4n) is 1.13. The van der Waals surface area contributed by atoms with Gasteiger partial charge in [-0.05, 0) is 17.7 Å². The molecule has 0 unspecified atom stereocenters. The summed E-state index contributed by atoms with van der Waals surface area (Å²) in [5.41, 5.74) is 0.991. The standard InChI is InChI=1S/C9H8F2OS/c10-9(11)13-7-3-1-2-6(4-7)8-5-12-8/h1-4,8-9H,5H2/t8-/m0/s1. The van der Waals surface area contributed by atoms with Crippen molar-refractivity contribution in [3.63, 3.8) is 0 Å². The van der Waals surface area contributed by atoms with Crippen molar-refractivity contribution in [2.45, 2.75) is 16.8 Å². The number of ether oxygens (including phenoxy) is 1. The van der Waals surface area contributed by atoms with Crippen LogP contribution in [0, 0.1) is 0 Å². The van der Waals surface area contributed by atoms with Gasteiger partial charge in [-0.15, -0.1) is 0 Å². The minimum absolute atomic E-state index is 0.137. The molecule has 0 N–H and O–H groups in total. The quantitative estimate of drug-likeness (QED) is 0.551. The van der Waals surface area contributed by atoms with Crippen molar-refractivity contribution in [1.82, 2.24) is 0 Å². The van der Waals surface area contributed by atoms with E-state index in [1.54, 1.807) is 18.2 Å². The van der Waals surface area contributed by atoms with Gasteiger partial charge in [0, 0.05) is 4.90 Å². The number of rotatable bonds is 3. The molecule has 0 aromatic heterocycles. The Labute approximate surface area is 79.1 Å². The maximum Gasteiger partial charge on any atom is 0.288 e. The van der Waals surface area contributed by atoms with Gasteiger partial charge < -0.3 is 4.74 Å². The predicted octanol–water partition coefficient (Wildman–Crippen LogP) is 3.07. The molecule has 2 rings (SSSR count). The Bertz CT molecular complexity index is 299. The predicted molar refractivity (Wildman–Crippen MR) is 47.0 cm³/mol. The number of thioether (sulfide) groups is 1. The third kappa shape index (κ3) is 2.42. The molecule has 70 valence electrons. The van der Waals surface area contributed by atoms with E-state index in [2.05, 4.69) is 0 Å². The van der Waals surface area contributed by atoms with Crippen molar-refractivity contribution < 1.29 is 13.5 Å². The van der Waals surface area contributed by atoms with Gasteiger partial charge in [0.2, 0.25) is 0 Å². The Morgan fingerprint density at radius 3 is 2.85 bits per heavy atom. The summed E-state index contributed by atoms with van der Waals surface area (Å²) in [6.07, 6.45) is 0.137. The third-order valence-corrected chi connectivity index (χ3v) is 2.49. The second-order valence-electron chi connectivity index (χ2n) is 2.77. The average molecular weight is 202 g/mol. The zero-order valence-electron chi connectivity index (χ0n) is 6.74. The molecule has 1 fully saturated rings. The Balaban J connectivity index is 2.12. The highest BCUT2D eigenvalue weighted by Gasteiger charge is 2.24. The van der Waals surface area contributed by atoms with Gasteiger partial charge in [0.05, 0.1) is 6.61 Å². The molecule has 1 atom stereocenters. The van der Waals surface area contributed by atoms with E-state index in [1.807, 2.05) is 6.07 Å². The summed E-state index contributed by atoms with van der Waals surface area (Å²) >= 11 is 0.569. The van der Waals surface area contributed by atoms with Crippen molar-refractivity contribution in [3.8, 4) is 0 Å². The molecule has 0 spiro atoms. The Morgan fingerprint density at radius 2 is 2.23 bits per heavy atom. The monoisotopic (exact) mass is 202 g/mol. The van der Waals surface area contributed by atoms with E-state index in [-0.39, 0.29) is 6.10 Å². The van der Waals surface area contributed by atoms with Crippen molar-refractivity contribution >= 4 is 11.8 Å². The highest BCUT2D eigenvalue weighted by Crippen LogP contribution is 2.33. The molecule has 1 aromatic rings. The highest BCUT2D eigenvalue weighted by atomic mass is 32.2. The summed E-state index contributed by atoms with van der Waals surface area (Å²) in [6.45, 7) is 0.711. The fourth-order valence-corrected chi connectivity index (χ4v) is 1.70. The first-order valence-electron chi connectivity index (χ1n) is 3.92. The highest BCUT2D eigenvalue weighted by molar-refractivity contribution is 7.99. The normalized spacial score (nSPS) is 20.7. The van der Waals surface area contributed by atoms with Crippen LogP contribution in [0.15, 0.2) is 29.2 Å². The van der Waals surface area contributed by atoms with E-state index >= 15 is 0 Å². The maximum atomic E-state index is 12.0. The summed E-state index contributed by atoms with van der Waals surface area (Å²) in [7, 11) is 0. The molecule has 1 nitrogen and oxygen atoms in total. The summed E-state index contributed by atoms with van der Waals surface area (Å²) in [6, 6.07) is 7.12. The second-order valence-corrected chi connectivity index (χ2v) is 3.84. The van der Waals surface area contributed by atoms with E-state index in [9.17, 15) is 8.78 Å². The van der Waals surface area contributed by atoms with Gasteiger partial charge in [-0.1, -0.05) is 23.9 Å². The molecule has 1 aliphatic rings. The summed E-state index contributed by atoms with van der Waals surface area (Å²) < 4.78 is 29.1. The molecule has 1 aromatic carbocycles. The van der Waals surface area contributed by atoms with Gasteiger partial charge in [-0.3, -0.25) is 0 Å². The number of halogens is 2. The molecule has 0 bridgehead atoms. The van der Waals surface area contributed by atoms with Crippen LogP contribution in [0.25, 0.3) is 0 Å². The van der Waals surface area contributed by atoms with Crippen molar-refractivity contribution in [1.29, 1.82) is 0 Å². The van der Waals surface area contributed by atoms with E-state index in [1.165, 1.54) is 0 Å². The summed E-state index contributed by atoms with van der Waals surface area (Å²) in [4.78, 5) is 0.600. The Hall–Kier alpha value is -0.610. The van der Waals surface area contributed by atoms with Gasteiger partial charge in [0.15, 0.2) is 0 Å². The number of hydrogen-bond acceptors (Lipinski definition) is 2. The van der Waals surface area contributed by atoms with Crippen LogP contribution in [0.2, 0.25) is 0 Å². The van der Waals surface area contributed by atoms with Gasteiger partial charge in [0.25, 0.3) is 5.76 Å². The minimum Gasteiger partial charge on any atom is -0.368 e. The maximum absolute atomic E-state index is 12.0. The average Bonchev–Trinajstić information content (AvgIpc) is 2.85. The first-order chi connectivity index (χ1) is 6.25. The summed E-state index contributed by atoms with van der Waals surface area (Å²) in [5.74, 6) is -2.35. The molecule has 0 radical (unpaired) electrons. The van der Waals surface area contributed by atoms with Crippen molar-refractivity contribution in [2.75, 3.05) is 6.61 Å². The molecule has 1 heterocycles. The number of benzene rings is 1. The molecule has 1 saturated heterocycles. The second kappa shape index (κ2) is 3.64. The third-order valence-electron chi connectivity index (χ3n) is 1.79. The first kappa shape index (κ1) is 8.97. The van der Waals surface area contributed by atoms with Crippen LogP contribution in [0.4, 0.5) is 8.78 Å².